The van der Waals surface area contributed by atoms with Crippen molar-refractivity contribution >= 4 is 11.3 Å². The molecule has 3 nitrogen and oxygen atoms in total. The lowest BCUT2D eigenvalue weighted by Crippen LogP contribution is -2.23. The molecule has 0 aliphatic carbocycles. The van der Waals surface area contributed by atoms with E-state index in [2.05, 4.69) is 51.8 Å². The molecule has 0 spiro atoms. The summed E-state index contributed by atoms with van der Waals surface area (Å²) in [5, 5.41) is 12.1. The van der Waals surface area contributed by atoms with E-state index in [0.29, 0.717) is 12.1 Å². The first-order valence-corrected chi connectivity index (χ1v) is 6.88. The monoisotopic (exact) mass is 249 g/mol. The standard InChI is InChI=1S/C13H19N3S/c1-10(2)16-13(4-6-15-16)12(14-3)8-11-5-7-17-9-11/h4-7,9-10,12,14H,8H2,1-3H3. The molecule has 1 atom stereocenters. The summed E-state index contributed by atoms with van der Waals surface area (Å²) in [6, 6.07) is 5.02. The topological polar surface area (TPSA) is 29.9 Å². The van der Waals surface area contributed by atoms with Gasteiger partial charge >= 0.3 is 0 Å². The smallest absolute Gasteiger partial charge is 0.0559 e. The second kappa shape index (κ2) is 5.47. The average Bonchev–Trinajstić information content (AvgIpc) is 2.96. The van der Waals surface area contributed by atoms with Crippen LogP contribution < -0.4 is 5.32 Å². The molecule has 0 fully saturated rings. The van der Waals surface area contributed by atoms with E-state index in [1.165, 1.54) is 11.3 Å². The minimum absolute atomic E-state index is 0.328. The number of likely N-dealkylation sites (N-methyl/N-ethyl adjacent to an activating group) is 1. The molecule has 0 saturated heterocycles. The van der Waals surface area contributed by atoms with Crippen LogP contribution in [0.4, 0.5) is 0 Å². The Bertz CT molecular complexity index is 445. The molecule has 2 aromatic heterocycles. The Kier molecular flexibility index (Phi) is 3.97. The van der Waals surface area contributed by atoms with Gasteiger partial charge in [-0.2, -0.15) is 16.4 Å². The van der Waals surface area contributed by atoms with E-state index in [1.807, 2.05) is 13.2 Å². The fourth-order valence-corrected chi connectivity index (χ4v) is 2.71. The van der Waals surface area contributed by atoms with Crippen LogP contribution in [0.25, 0.3) is 0 Å². The third-order valence-electron chi connectivity index (χ3n) is 2.92. The van der Waals surface area contributed by atoms with Gasteiger partial charge in [-0.1, -0.05) is 0 Å². The van der Waals surface area contributed by atoms with Crippen molar-refractivity contribution in [3.8, 4) is 0 Å². The zero-order chi connectivity index (χ0) is 12.3. The predicted octanol–water partition coefficient (Wildman–Crippen LogP) is 3.03. The maximum atomic E-state index is 4.39. The fourth-order valence-electron chi connectivity index (χ4n) is 2.03. The summed E-state index contributed by atoms with van der Waals surface area (Å²) in [5.41, 5.74) is 2.64. The van der Waals surface area contributed by atoms with Crippen LogP contribution in [0.1, 0.15) is 37.2 Å². The van der Waals surface area contributed by atoms with Crippen molar-refractivity contribution in [3.63, 3.8) is 0 Å². The van der Waals surface area contributed by atoms with E-state index >= 15 is 0 Å². The summed E-state index contributed by atoms with van der Waals surface area (Å²) in [6.07, 6.45) is 2.89. The number of thiophene rings is 1. The molecule has 0 aliphatic rings. The normalized spacial score (nSPS) is 13.2. The summed E-state index contributed by atoms with van der Waals surface area (Å²) in [7, 11) is 2.01. The van der Waals surface area contributed by atoms with Crippen LogP contribution in [-0.2, 0) is 6.42 Å². The Morgan fingerprint density at radius 2 is 2.24 bits per heavy atom. The fraction of sp³-hybridized carbons (Fsp3) is 0.462. The third kappa shape index (κ3) is 2.76. The Morgan fingerprint density at radius 1 is 1.41 bits per heavy atom. The van der Waals surface area contributed by atoms with Gasteiger partial charge in [-0.3, -0.25) is 4.68 Å². The zero-order valence-electron chi connectivity index (χ0n) is 10.6. The minimum atomic E-state index is 0.328. The van der Waals surface area contributed by atoms with Crippen LogP contribution in [0.3, 0.4) is 0 Å². The molecule has 0 bridgehead atoms. The first kappa shape index (κ1) is 12.3. The van der Waals surface area contributed by atoms with Gasteiger partial charge < -0.3 is 5.32 Å². The van der Waals surface area contributed by atoms with Crippen molar-refractivity contribution in [1.82, 2.24) is 15.1 Å². The van der Waals surface area contributed by atoms with Gasteiger partial charge in [0.15, 0.2) is 0 Å². The van der Waals surface area contributed by atoms with E-state index < -0.39 is 0 Å². The number of aromatic nitrogens is 2. The number of nitrogens with zero attached hydrogens (tertiary/aromatic N) is 2. The molecule has 2 aromatic rings. The molecule has 0 radical (unpaired) electrons. The molecule has 2 heterocycles. The summed E-state index contributed by atoms with van der Waals surface area (Å²) in [4.78, 5) is 0. The Hall–Kier alpha value is -1.13. The van der Waals surface area contributed by atoms with Crippen LogP contribution in [0, 0.1) is 0 Å². The van der Waals surface area contributed by atoms with E-state index in [4.69, 9.17) is 0 Å². The summed E-state index contributed by atoms with van der Waals surface area (Å²) >= 11 is 1.75. The quantitative estimate of drug-likeness (QED) is 0.882. The summed E-state index contributed by atoms with van der Waals surface area (Å²) < 4.78 is 2.09. The second-order valence-electron chi connectivity index (χ2n) is 4.47. The van der Waals surface area contributed by atoms with Crippen LogP contribution in [0.5, 0.6) is 0 Å². The molecule has 0 saturated carbocycles. The number of hydrogen-bond acceptors (Lipinski definition) is 3. The van der Waals surface area contributed by atoms with Gasteiger partial charge in [0.25, 0.3) is 0 Å². The molecular weight excluding hydrogens is 230 g/mol. The van der Waals surface area contributed by atoms with Gasteiger partial charge in [-0.05, 0) is 55.8 Å². The lowest BCUT2D eigenvalue weighted by molar-refractivity contribution is 0.460. The van der Waals surface area contributed by atoms with Gasteiger partial charge in [-0.15, -0.1) is 0 Å². The van der Waals surface area contributed by atoms with Crippen molar-refractivity contribution in [1.29, 1.82) is 0 Å². The number of nitrogens with one attached hydrogen (secondary N) is 1. The van der Waals surface area contributed by atoms with Crippen molar-refractivity contribution in [2.45, 2.75) is 32.4 Å². The van der Waals surface area contributed by atoms with E-state index in [0.717, 1.165) is 6.42 Å². The SMILES string of the molecule is CNC(Cc1ccsc1)c1ccnn1C(C)C. The van der Waals surface area contributed by atoms with Crippen LogP contribution in [0.2, 0.25) is 0 Å². The molecule has 17 heavy (non-hydrogen) atoms. The molecule has 92 valence electrons. The Labute approximate surface area is 106 Å². The van der Waals surface area contributed by atoms with E-state index in [-0.39, 0.29) is 0 Å². The molecule has 1 unspecified atom stereocenters. The molecule has 1 N–H and O–H groups in total. The number of rotatable bonds is 5. The van der Waals surface area contributed by atoms with Crippen molar-refractivity contribution in [2.24, 2.45) is 0 Å². The molecule has 0 aliphatic heterocycles. The minimum Gasteiger partial charge on any atom is -0.311 e. The van der Waals surface area contributed by atoms with Gasteiger partial charge in [-0.25, -0.2) is 0 Å². The lowest BCUT2D eigenvalue weighted by atomic mass is 10.1. The summed E-state index contributed by atoms with van der Waals surface area (Å²) in [6.45, 7) is 4.32. The molecule has 2 rings (SSSR count). The highest BCUT2D eigenvalue weighted by Crippen LogP contribution is 2.21. The van der Waals surface area contributed by atoms with Crippen LogP contribution >= 0.6 is 11.3 Å². The van der Waals surface area contributed by atoms with Gasteiger partial charge in [0, 0.05) is 12.2 Å². The third-order valence-corrected chi connectivity index (χ3v) is 3.65. The largest absolute Gasteiger partial charge is 0.311 e. The second-order valence-corrected chi connectivity index (χ2v) is 5.25. The highest BCUT2D eigenvalue weighted by atomic mass is 32.1. The Balaban J connectivity index is 2.20. The molecule has 0 aromatic carbocycles. The van der Waals surface area contributed by atoms with Gasteiger partial charge in [0.1, 0.15) is 0 Å². The highest BCUT2D eigenvalue weighted by molar-refractivity contribution is 7.07. The predicted molar refractivity (Wildman–Crippen MR) is 72.4 cm³/mol. The highest BCUT2D eigenvalue weighted by Gasteiger charge is 2.16. The van der Waals surface area contributed by atoms with Crippen LogP contribution in [-0.4, -0.2) is 16.8 Å². The van der Waals surface area contributed by atoms with Crippen LogP contribution in [0.15, 0.2) is 29.1 Å². The molecule has 4 heteroatoms. The van der Waals surface area contributed by atoms with E-state index in [9.17, 15) is 0 Å². The molecular formula is C13H19N3S. The van der Waals surface area contributed by atoms with Crippen molar-refractivity contribution in [2.75, 3.05) is 7.05 Å². The maximum absolute atomic E-state index is 4.39. The molecule has 0 amide bonds. The van der Waals surface area contributed by atoms with E-state index in [1.54, 1.807) is 11.3 Å². The van der Waals surface area contributed by atoms with Crippen molar-refractivity contribution < 1.29 is 0 Å². The number of hydrogen-bond donors (Lipinski definition) is 1. The van der Waals surface area contributed by atoms with Gasteiger partial charge in [0.05, 0.1) is 11.7 Å². The van der Waals surface area contributed by atoms with Gasteiger partial charge in [0.2, 0.25) is 0 Å². The Morgan fingerprint density at radius 3 is 2.82 bits per heavy atom. The first-order valence-electron chi connectivity index (χ1n) is 5.94. The average molecular weight is 249 g/mol. The van der Waals surface area contributed by atoms with Crippen molar-refractivity contribution in [3.05, 3.63) is 40.3 Å². The maximum Gasteiger partial charge on any atom is 0.0559 e. The first-order chi connectivity index (χ1) is 8.22. The summed E-state index contributed by atoms with van der Waals surface area (Å²) in [5.74, 6) is 0. The lowest BCUT2D eigenvalue weighted by Gasteiger charge is -2.19. The zero-order valence-corrected chi connectivity index (χ0v) is 11.4.